The molecule has 1 amide bonds. The number of halogens is 1. The Hall–Kier alpha value is -1.78. The number of rotatable bonds is 5. The van der Waals surface area contributed by atoms with Gasteiger partial charge >= 0.3 is 0 Å². The predicted molar refractivity (Wildman–Crippen MR) is 117 cm³/mol. The highest BCUT2D eigenvalue weighted by molar-refractivity contribution is 7.91. The predicted octanol–water partition coefficient (Wildman–Crippen LogP) is 3.88. The molecule has 0 aliphatic carbocycles. The molecule has 2 aromatic heterocycles. The first kappa shape index (κ1) is 20.5. The molecule has 1 aliphatic rings. The van der Waals surface area contributed by atoms with Crippen LogP contribution in [-0.2, 0) is 21.4 Å². The number of aromatic nitrogens is 1. The number of fused-ring (bicyclic) bond motifs is 1. The van der Waals surface area contributed by atoms with Crippen LogP contribution in [0.5, 0.6) is 0 Å². The first-order valence-corrected chi connectivity index (χ1v) is 12.5. The summed E-state index contributed by atoms with van der Waals surface area (Å²) < 4.78 is 30.2. The van der Waals surface area contributed by atoms with Gasteiger partial charge in [-0.15, -0.1) is 17.9 Å². The third kappa shape index (κ3) is 3.85. The molecule has 1 aromatic carbocycles. The fourth-order valence-electron chi connectivity index (χ4n) is 3.41. The number of carbonyl (C=O) groups excluding carboxylic acids is 1. The first-order valence-electron chi connectivity index (χ1n) is 8.95. The van der Waals surface area contributed by atoms with Gasteiger partial charge < -0.3 is 4.57 Å². The van der Waals surface area contributed by atoms with E-state index in [1.54, 1.807) is 29.7 Å². The number of hydrogen-bond acceptors (Lipinski definition) is 5. The maximum atomic E-state index is 13.0. The monoisotopic (exact) mass is 467 g/mol. The van der Waals surface area contributed by atoms with E-state index in [-0.39, 0.29) is 4.21 Å². The Labute approximate surface area is 181 Å². The van der Waals surface area contributed by atoms with E-state index in [2.05, 4.69) is 11.6 Å². The minimum Gasteiger partial charge on any atom is -0.313 e. The van der Waals surface area contributed by atoms with Crippen molar-refractivity contribution in [2.24, 2.45) is 4.99 Å². The van der Waals surface area contributed by atoms with Gasteiger partial charge in [-0.25, -0.2) is 8.42 Å². The van der Waals surface area contributed by atoms with Gasteiger partial charge in [0.25, 0.3) is 15.9 Å². The zero-order valence-electron chi connectivity index (χ0n) is 15.3. The zero-order chi connectivity index (χ0) is 20.6. The second-order valence-electron chi connectivity index (χ2n) is 6.55. The molecular weight excluding hydrogens is 450 g/mol. The molecule has 0 spiro atoms. The summed E-state index contributed by atoms with van der Waals surface area (Å²) in [5.74, 6) is -0.446. The van der Waals surface area contributed by atoms with Crippen LogP contribution in [0.25, 0.3) is 10.2 Å². The third-order valence-corrected chi connectivity index (χ3v) is 9.27. The molecule has 1 fully saturated rings. The summed E-state index contributed by atoms with van der Waals surface area (Å²) in [6, 6.07) is 7.96. The number of carbonyl (C=O) groups is 1. The van der Waals surface area contributed by atoms with Crippen molar-refractivity contribution < 1.29 is 13.2 Å². The number of amides is 1. The largest absolute Gasteiger partial charge is 0.313 e. The van der Waals surface area contributed by atoms with E-state index in [9.17, 15) is 13.2 Å². The van der Waals surface area contributed by atoms with Crippen molar-refractivity contribution in [2.75, 3.05) is 6.54 Å². The van der Waals surface area contributed by atoms with E-state index < -0.39 is 22.0 Å². The standard InChI is InChI=1S/C19H18ClN3O3S3/c1-2-9-22-14-8-7-13(20)12-16(14)28-19(22)21-18(24)15-5-3-10-23(15)29(25,26)17-6-4-11-27-17/h2,4,6-8,11-12,15H,1,3,5,9-10H2. The molecule has 0 bridgehead atoms. The maximum absolute atomic E-state index is 13.0. The zero-order valence-corrected chi connectivity index (χ0v) is 18.5. The summed E-state index contributed by atoms with van der Waals surface area (Å²) in [5, 5.41) is 2.32. The SMILES string of the molecule is C=CCn1c(=NC(=O)C2CCCN2S(=O)(=O)c2cccs2)sc2cc(Cl)ccc21. The number of nitrogens with zero attached hydrogens (tertiary/aromatic N) is 3. The van der Waals surface area contributed by atoms with Crippen LogP contribution in [0.2, 0.25) is 5.02 Å². The Morgan fingerprint density at radius 1 is 1.38 bits per heavy atom. The lowest BCUT2D eigenvalue weighted by atomic mass is 10.2. The Bertz CT molecular complexity index is 1240. The molecule has 3 heterocycles. The van der Waals surface area contributed by atoms with Gasteiger partial charge in [-0.1, -0.05) is 35.1 Å². The summed E-state index contributed by atoms with van der Waals surface area (Å²) in [6.07, 6.45) is 2.82. The molecule has 1 unspecified atom stereocenters. The lowest BCUT2D eigenvalue weighted by Crippen LogP contribution is -2.40. The molecule has 29 heavy (non-hydrogen) atoms. The quantitative estimate of drug-likeness (QED) is 0.534. The fourth-order valence-corrected chi connectivity index (χ4v) is 7.50. The highest BCUT2D eigenvalue weighted by Gasteiger charge is 2.39. The van der Waals surface area contributed by atoms with E-state index in [0.29, 0.717) is 35.8 Å². The van der Waals surface area contributed by atoms with Crippen molar-refractivity contribution >= 4 is 60.4 Å². The molecule has 10 heteroatoms. The molecule has 0 saturated carbocycles. The number of benzene rings is 1. The average molecular weight is 468 g/mol. The molecule has 3 aromatic rings. The van der Waals surface area contributed by atoms with Crippen LogP contribution in [0.1, 0.15) is 12.8 Å². The minimum atomic E-state index is -3.70. The van der Waals surface area contributed by atoms with Crippen LogP contribution < -0.4 is 4.80 Å². The van der Waals surface area contributed by atoms with Gasteiger partial charge in [-0.05, 0) is 42.5 Å². The Balaban J connectivity index is 1.74. The highest BCUT2D eigenvalue weighted by Crippen LogP contribution is 2.29. The number of sulfonamides is 1. The molecule has 6 nitrogen and oxygen atoms in total. The van der Waals surface area contributed by atoms with Crippen LogP contribution in [0.3, 0.4) is 0 Å². The summed E-state index contributed by atoms with van der Waals surface area (Å²) in [7, 11) is -3.70. The summed E-state index contributed by atoms with van der Waals surface area (Å²) in [4.78, 5) is 17.8. The third-order valence-electron chi connectivity index (χ3n) is 4.71. The lowest BCUT2D eigenvalue weighted by molar-refractivity contribution is -0.121. The first-order chi connectivity index (χ1) is 13.9. The molecule has 1 saturated heterocycles. The number of hydrogen-bond donors (Lipinski definition) is 0. The topological polar surface area (TPSA) is 71.7 Å². The normalized spacial score (nSPS) is 18.5. The molecule has 0 N–H and O–H groups in total. The van der Waals surface area contributed by atoms with Crippen molar-refractivity contribution in [3.8, 4) is 0 Å². The second-order valence-corrected chi connectivity index (χ2v) is 11.1. The van der Waals surface area contributed by atoms with Crippen molar-refractivity contribution in [1.29, 1.82) is 0 Å². The average Bonchev–Trinajstić information content (AvgIpc) is 3.42. The minimum absolute atomic E-state index is 0.246. The van der Waals surface area contributed by atoms with E-state index in [1.807, 2.05) is 16.7 Å². The van der Waals surface area contributed by atoms with Crippen LogP contribution in [0, 0.1) is 0 Å². The van der Waals surface area contributed by atoms with E-state index >= 15 is 0 Å². The molecule has 152 valence electrons. The van der Waals surface area contributed by atoms with Crippen LogP contribution in [0.4, 0.5) is 0 Å². The summed E-state index contributed by atoms with van der Waals surface area (Å²) in [5.41, 5.74) is 0.903. The molecular formula is C19H18ClN3O3S3. The van der Waals surface area contributed by atoms with Gasteiger partial charge in [0, 0.05) is 18.1 Å². The summed E-state index contributed by atoms with van der Waals surface area (Å²) >= 11 is 8.59. The number of thiophene rings is 1. The second kappa shape index (κ2) is 8.16. The molecule has 1 atom stereocenters. The Morgan fingerprint density at radius 3 is 2.93 bits per heavy atom. The van der Waals surface area contributed by atoms with Gasteiger partial charge in [-0.2, -0.15) is 9.30 Å². The van der Waals surface area contributed by atoms with E-state index in [4.69, 9.17) is 11.6 Å². The maximum Gasteiger partial charge on any atom is 0.266 e. The Kier molecular flexibility index (Phi) is 5.76. The smallest absolute Gasteiger partial charge is 0.266 e. The fraction of sp³-hybridized carbons (Fsp3) is 0.263. The Morgan fingerprint density at radius 2 is 2.21 bits per heavy atom. The number of thiazole rings is 1. The molecule has 1 aliphatic heterocycles. The van der Waals surface area contributed by atoms with Crippen molar-refractivity contribution in [3.63, 3.8) is 0 Å². The van der Waals surface area contributed by atoms with Gasteiger partial charge in [0.15, 0.2) is 4.80 Å². The van der Waals surface area contributed by atoms with Crippen LogP contribution >= 0.6 is 34.3 Å². The molecule has 4 rings (SSSR count). The highest BCUT2D eigenvalue weighted by atomic mass is 35.5. The van der Waals surface area contributed by atoms with E-state index in [1.165, 1.54) is 15.6 Å². The van der Waals surface area contributed by atoms with E-state index in [0.717, 1.165) is 21.6 Å². The van der Waals surface area contributed by atoms with Crippen LogP contribution in [0.15, 0.2) is 57.6 Å². The molecule has 0 radical (unpaired) electrons. The van der Waals surface area contributed by atoms with Crippen molar-refractivity contribution in [3.05, 3.63) is 58.2 Å². The van der Waals surface area contributed by atoms with Gasteiger partial charge in [0.1, 0.15) is 10.3 Å². The van der Waals surface area contributed by atoms with Gasteiger partial charge in [0.2, 0.25) is 0 Å². The van der Waals surface area contributed by atoms with Crippen LogP contribution in [-0.4, -0.2) is 35.8 Å². The van der Waals surface area contributed by atoms with Crippen molar-refractivity contribution in [1.82, 2.24) is 8.87 Å². The number of allylic oxidation sites excluding steroid dienone is 1. The van der Waals surface area contributed by atoms with Crippen molar-refractivity contribution in [2.45, 2.75) is 29.6 Å². The van der Waals surface area contributed by atoms with Gasteiger partial charge in [0.05, 0.1) is 10.2 Å². The van der Waals surface area contributed by atoms with Gasteiger partial charge in [-0.3, -0.25) is 4.79 Å². The summed E-state index contributed by atoms with van der Waals surface area (Å²) in [6.45, 7) is 4.58. The lowest BCUT2D eigenvalue weighted by Gasteiger charge is -2.20.